The van der Waals surface area contributed by atoms with Gasteiger partial charge in [-0.05, 0) is 42.0 Å². The van der Waals surface area contributed by atoms with Crippen LogP contribution in [-0.4, -0.2) is 31.2 Å². The maximum absolute atomic E-state index is 13.2. The van der Waals surface area contributed by atoms with E-state index in [1.54, 1.807) is 31.2 Å². The van der Waals surface area contributed by atoms with Crippen LogP contribution in [0.3, 0.4) is 0 Å². The fourth-order valence-corrected chi connectivity index (χ4v) is 4.02. The highest BCUT2D eigenvalue weighted by Gasteiger charge is 2.49. The first-order valence-corrected chi connectivity index (χ1v) is 9.49. The van der Waals surface area contributed by atoms with E-state index < -0.39 is 30.0 Å². The molecule has 1 amide bonds. The fourth-order valence-electron chi connectivity index (χ4n) is 4.02. The van der Waals surface area contributed by atoms with E-state index >= 15 is 0 Å². The molecule has 0 fully saturated rings. The summed E-state index contributed by atoms with van der Waals surface area (Å²) in [5.41, 5.74) is 1.67. The van der Waals surface area contributed by atoms with Crippen LogP contribution in [0.15, 0.2) is 48.5 Å². The van der Waals surface area contributed by atoms with Gasteiger partial charge in [0.05, 0.1) is 6.61 Å². The molecule has 0 spiro atoms. The third kappa shape index (κ3) is 4.13. The van der Waals surface area contributed by atoms with Crippen molar-refractivity contribution < 1.29 is 27.5 Å². The molecule has 0 aromatic heterocycles. The Morgan fingerprint density at radius 2 is 1.55 bits per heavy atom. The van der Waals surface area contributed by atoms with Crippen LogP contribution in [0.2, 0.25) is 0 Å². The second-order valence-electron chi connectivity index (χ2n) is 6.95. The Morgan fingerprint density at radius 3 is 2.07 bits per heavy atom. The number of ether oxygens (including phenoxy) is 1. The number of nitrogens with one attached hydrogen (secondary N) is 1. The minimum atomic E-state index is -4.51. The van der Waals surface area contributed by atoms with Crippen molar-refractivity contribution in [3.05, 3.63) is 59.7 Å². The van der Waals surface area contributed by atoms with Gasteiger partial charge in [0, 0.05) is 6.42 Å². The molecular formula is C22H22F3NO3. The number of hydrogen-bond donors (Lipinski definition) is 1. The lowest BCUT2D eigenvalue weighted by Crippen LogP contribution is -2.47. The minimum Gasteiger partial charge on any atom is -0.466 e. The smallest absolute Gasteiger partial charge is 0.405 e. The molecule has 0 unspecified atom stereocenters. The summed E-state index contributed by atoms with van der Waals surface area (Å²) in [6, 6.07) is 14.5. The Bertz CT molecular complexity index is 863. The monoisotopic (exact) mass is 405 g/mol. The number of rotatable bonds is 7. The number of fused-ring (bicyclic) bond motifs is 3. The summed E-state index contributed by atoms with van der Waals surface area (Å²) in [6.45, 7) is 0.547. The lowest BCUT2D eigenvalue weighted by molar-refractivity contribution is -0.143. The quantitative estimate of drug-likeness (QED) is 0.697. The van der Waals surface area contributed by atoms with Crippen LogP contribution in [0.25, 0.3) is 11.1 Å². The van der Waals surface area contributed by atoms with Crippen molar-refractivity contribution in [1.29, 1.82) is 0 Å². The van der Waals surface area contributed by atoms with E-state index in [4.69, 9.17) is 4.74 Å². The molecule has 1 aliphatic rings. The van der Waals surface area contributed by atoms with E-state index in [0.717, 1.165) is 11.1 Å². The molecule has 0 saturated carbocycles. The Hall–Kier alpha value is -2.83. The molecule has 2 aromatic rings. The number of alkyl halides is 3. The predicted molar refractivity (Wildman–Crippen MR) is 102 cm³/mol. The van der Waals surface area contributed by atoms with Gasteiger partial charge in [-0.2, -0.15) is 13.2 Å². The maximum atomic E-state index is 13.2. The van der Waals surface area contributed by atoms with E-state index in [0.29, 0.717) is 17.5 Å². The van der Waals surface area contributed by atoms with Crippen LogP contribution in [0.1, 0.15) is 37.3 Å². The van der Waals surface area contributed by atoms with Gasteiger partial charge < -0.3 is 10.1 Å². The van der Waals surface area contributed by atoms with Crippen LogP contribution in [0.5, 0.6) is 0 Å². The average Bonchev–Trinajstić information content (AvgIpc) is 2.97. The zero-order valence-electron chi connectivity index (χ0n) is 16.0. The molecule has 0 atom stereocenters. The van der Waals surface area contributed by atoms with E-state index in [1.807, 2.05) is 24.3 Å². The first kappa shape index (κ1) is 20.9. The summed E-state index contributed by atoms with van der Waals surface area (Å²) in [5.74, 6) is -1.10. The molecule has 154 valence electrons. The minimum absolute atomic E-state index is 0.0898. The van der Waals surface area contributed by atoms with Gasteiger partial charge in [-0.25, -0.2) is 0 Å². The van der Waals surface area contributed by atoms with E-state index in [9.17, 15) is 22.8 Å². The van der Waals surface area contributed by atoms with Gasteiger partial charge in [-0.15, -0.1) is 0 Å². The second-order valence-corrected chi connectivity index (χ2v) is 6.95. The number of esters is 1. The molecule has 7 heteroatoms. The molecule has 0 radical (unpaired) electrons. The summed E-state index contributed by atoms with van der Waals surface area (Å²) < 4.78 is 43.3. The first-order valence-electron chi connectivity index (χ1n) is 9.49. The zero-order chi connectivity index (χ0) is 21.1. The van der Waals surface area contributed by atoms with Gasteiger partial charge in [-0.1, -0.05) is 48.5 Å². The van der Waals surface area contributed by atoms with Gasteiger partial charge in [0.1, 0.15) is 12.0 Å². The number of amides is 1. The zero-order valence-corrected chi connectivity index (χ0v) is 16.0. The van der Waals surface area contributed by atoms with Crippen LogP contribution in [0.4, 0.5) is 13.2 Å². The predicted octanol–water partition coefficient (Wildman–Crippen LogP) is 4.37. The largest absolute Gasteiger partial charge is 0.466 e. The Kier molecular flexibility index (Phi) is 5.96. The second kappa shape index (κ2) is 8.27. The molecule has 0 aliphatic heterocycles. The molecule has 3 rings (SSSR count). The van der Waals surface area contributed by atoms with Crippen LogP contribution in [-0.2, 0) is 19.7 Å². The normalized spacial score (nSPS) is 14.1. The number of carbonyl (C=O) groups is 2. The number of benzene rings is 2. The highest BCUT2D eigenvalue weighted by Crippen LogP contribution is 2.51. The Labute approximate surface area is 167 Å². The van der Waals surface area contributed by atoms with E-state index in [2.05, 4.69) is 5.32 Å². The summed E-state index contributed by atoms with van der Waals surface area (Å²) in [6.07, 6.45) is -3.92. The van der Waals surface area contributed by atoms with Crippen molar-refractivity contribution in [3.63, 3.8) is 0 Å². The van der Waals surface area contributed by atoms with E-state index in [-0.39, 0.29) is 19.4 Å². The molecular weight excluding hydrogens is 383 g/mol. The number of carbonyl (C=O) groups excluding carboxylic acids is 2. The lowest BCUT2D eigenvalue weighted by Gasteiger charge is -2.31. The van der Waals surface area contributed by atoms with Crippen molar-refractivity contribution in [3.8, 4) is 11.1 Å². The fraction of sp³-hybridized carbons (Fsp3) is 0.364. The molecule has 1 N–H and O–H groups in total. The van der Waals surface area contributed by atoms with Crippen molar-refractivity contribution in [2.75, 3.05) is 13.2 Å². The van der Waals surface area contributed by atoms with Crippen molar-refractivity contribution in [2.45, 2.75) is 37.8 Å². The van der Waals surface area contributed by atoms with Crippen molar-refractivity contribution in [2.24, 2.45) is 0 Å². The third-order valence-corrected chi connectivity index (χ3v) is 5.14. The van der Waals surface area contributed by atoms with Gasteiger partial charge in [-0.3, -0.25) is 9.59 Å². The van der Waals surface area contributed by atoms with Crippen molar-refractivity contribution >= 4 is 11.9 Å². The van der Waals surface area contributed by atoms with E-state index in [1.165, 1.54) is 0 Å². The summed E-state index contributed by atoms with van der Waals surface area (Å²) in [5, 5.41) is 2.07. The van der Waals surface area contributed by atoms with Gasteiger partial charge >= 0.3 is 12.1 Å². The van der Waals surface area contributed by atoms with Crippen molar-refractivity contribution in [1.82, 2.24) is 5.32 Å². The maximum Gasteiger partial charge on any atom is 0.405 e. The van der Waals surface area contributed by atoms with Gasteiger partial charge in [0.2, 0.25) is 5.91 Å². The SMILES string of the molecule is CCOC(=O)CCCC1(C(=O)NCC(F)(F)F)c2ccccc2-c2ccccc21. The third-order valence-electron chi connectivity index (χ3n) is 5.14. The summed E-state index contributed by atoms with van der Waals surface area (Å²) in [7, 11) is 0. The lowest BCUT2D eigenvalue weighted by atomic mass is 9.73. The number of halogens is 3. The molecule has 2 aromatic carbocycles. The standard InChI is InChI=1S/C22H22F3NO3/c1-2-29-19(27)12-7-13-21(20(28)26-14-22(23,24)25)17-10-5-3-8-15(17)16-9-4-6-11-18(16)21/h3-6,8-11H,2,7,12-14H2,1H3,(H,26,28). The average molecular weight is 405 g/mol. The van der Waals surface area contributed by atoms with Crippen LogP contribution >= 0.6 is 0 Å². The van der Waals surface area contributed by atoms with Gasteiger partial charge in [0.15, 0.2) is 0 Å². The Morgan fingerprint density at radius 1 is 1.00 bits per heavy atom. The van der Waals surface area contributed by atoms with Gasteiger partial charge in [0.25, 0.3) is 0 Å². The molecule has 29 heavy (non-hydrogen) atoms. The highest BCUT2D eigenvalue weighted by molar-refractivity contribution is 6.00. The number of hydrogen-bond acceptors (Lipinski definition) is 3. The van der Waals surface area contributed by atoms with Crippen LogP contribution in [0, 0.1) is 0 Å². The first-order chi connectivity index (χ1) is 13.8. The van der Waals surface area contributed by atoms with Crippen LogP contribution < -0.4 is 5.32 Å². The summed E-state index contributed by atoms with van der Waals surface area (Å²) in [4.78, 5) is 25.0. The summed E-state index contributed by atoms with van der Waals surface area (Å²) >= 11 is 0. The molecule has 1 aliphatic carbocycles. The molecule has 4 nitrogen and oxygen atoms in total. The molecule has 0 bridgehead atoms. The molecule has 0 heterocycles. The molecule has 0 saturated heterocycles. The topological polar surface area (TPSA) is 55.4 Å². The Balaban J connectivity index is 2.01. The highest BCUT2D eigenvalue weighted by atomic mass is 19.4.